The summed E-state index contributed by atoms with van der Waals surface area (Å²) in [7, 11) is 0. The second kappa shape index (κ2) is 5.71. The van der Waals surface area contributed by atoms with Gasteiger partial charge in [0.25, 0.3) is 5.69 Å². The van der Waals surface area contributed by atoms with Gasteiger partial charge in [-0.15, -0.1) is 0 Å². The minimum atomic E-state index is -0.801. The van der Waals surface area contributed by atoms with Gasteiger partial charge in [-0.25, -0.2) is 0 Å². The highest BCUT2D eigenvalue weighted by Gasteiger charge is 2.15. The minimum absolute atomic E-state index is 0.0962. The SMILES string of the molecule is O=c1c([N+](=O)[O-])cccn1Cc1cc([N+](=O)[O-])ccc1Cl. The lowest BCUT2D eigenvalue weighted by Crippen LogP contribution is -2.22. The van der Waals surface area contributed by atoms with Gasteiger partial charge in [0.05, 0.1) is 16.4 Å². The van der Waals surface area contributed by atoms with E-state index in [1.807, 2.05) is 0 Å². The Labute approximate surface area is 122 Å². The number of benzene rings is 1. The third kappa shape index (κ3) is 3.06. The van der Waals surface area contributed by atoms with Gasteiger partial charge < -0.3 is 4.57 Å². The van der Waals surface area contributed by atoms with Crippen LogP contribution in [0, 0.1) is 20.2 Å². The Bertz CT molecular complexity index is 787. The smallest absolute Gasteiger partial charge is 0.305 e. The summed E-state index contributed by atoms with van der Waals surface area (Å²) in [6.07, 6.45) is 1.35. The largest absolute Gasteiger partial charge is 0.334 e. The minimum Gasteiger partial charge on any atom is -0.305 e. The van der Waals surface area contributed by atoms with Crippen molar-refractivity contribution in [2.45, 2.75) is 6.54 Å². The maximum Gasteiger partial charge on any atom is 0.334 e. The van der Waals surface area contributed by atoms with Gasteiger partial charge in [-0.3, -0.25) is 25.0 Å². The summed E-state index contributed by atoms with van der Waals surface area (Å²) in [5.74, 6) is 0. The van der Waals surface area contributed by atoms with E-state index in [9.17, 15) is 25.0 Å². The number of nitro benzene ring substituents is 1. The van der Waals surface area contributed by atoms with Gasteiger partial charge >= 0.3 is 11.2 Å². The van der Waals surface area contributed by atoms with Crippen LogP contribution in [0.3, 0.4) is 0 Å². The van der Waals surface area contributed by atoms with Crippen LogP contribution in [0.15, 0.2) is 41.3 Å². The van der Waals surface area contributed by atoms with Gasteiger partial charge in [-0.05, 0) is 17.7 Å². The quantitative estimate of drug-likeness (QED) is 0.636. The van der Waals surface area contributed by atoms with Gasteiger partial charge in [0.1, 0.15) is 0 Å². The second-order valence-electron chi connectivity index (χ2n) is 4.12. The summed E-state index contributed by atoms with van der Waals surface area (Å²) in [6, 6.07) is 6.26. The normalized spacial score (nSPS) is 10.3. The predicted molar refractivity (Wildman–Crippen MR) is 74.6 cm³/mol. The lowest BCUT2D eigenvalue weighted by Gasteiger charge is -2.07. The van der Waals surface area contributed by atoms with Crippen LogP contribution < -0.4 is 5.56 Å². The molecule has 21 heavy (non-hydrogen) atoms. The van der Waals surface area contributed by atoms with Crippen molar-refractivity contribution in [2.24, 2.45) is 0 Å². The van der Waals surface area contributed by atoms with E-state index < -0.39 is 21.1 Å². The summed E-state index contributed by atoms with van der Waals surface area (Å²) in [6.45, 7) is -0.0962. The molecule has 0 atom stereocenters. The number of rotatable bonds is 4. The van der Waals surface area contributed by atoms with Crippen LogP contribution >= 0.6 is 11.6 Å². The lowest BCUT2D eigenvalue weighted by atomic mass is 10.2. The molecule has 0 spiro atoms. The molecule has 0 saturated heterocycles. The highest BCUT2D eigenvalue weighted by Crippen LogP contribution is 2.22. The molecule has 1 aromatic carbocycles. The zero-order chi connectivity index (χ0) is 15.6. The number of non-ortho nitro benzene ring substituents is 1. The molecule has 0 aliphatic carbocycles. The standard InChI is InChI=1S/C12H8ClN3O5/c13-10-4-3-9(15(18)19)6-8(10)7-14-5-1-2-11(12(14)17)16(20)21/h1-6H,7H2. The van der Waals surface area contributed by atoms with E-state index in [-0.39, 0.29) is 17.3 Å². The van der Waals surface area contributed by atoms with Crippen LogP contribution in [-0.2, 0) is 6.54 Å². The van der Waals surface area contributed by atoms with E-state index in [0.717, 1.165) is 10.6 Å². The fraction of sp³-hybridized carbons (Fsp3) is 0.0833. The van der Waals surface area contributed by atoms with E-state index in [1.54, 1.807) is 0 Å². The van der Waals surface area contributed by atoms with E-state index in [2.05, 4.69) is 0 Å². The van der Waals surface area contributed by atoms with E-state index in [4.69, 9.17) is 11.6 Å². The Morgan fingerprint density at radius 1 is 1.14 bits per heavy atom. The first kappa shape index (κ1) is 14.7. The van der Waals surface area contributed by atoms with Gasteiger partial charge in [-0.1, -0.05) is 11.6 Å². The molecule has 0 aliphatic heterocycles. The fourth-order valence-electron chi connectivity index (χ4n) is 1.77. The fourth-order valence-corrected chi connectivity index (χ4v) is 1.94. The zero-order valence-corrected chi connectivity index (χ0v) is 11.2. The monoisotopic (exact) mass is 309 g/mol. The van der Waals surface area contributed by atoms with Gasteiger partial charge in [0.15, 0.2) is 0 Å². The first-order valence-electron chi connectivity index (χ1n) is 5.67. The number of hydrogen-bond donors (Lipinski definition) is 0. The van der Waals surface area contributed by atoms with Crippen molar-refractivity contribution >= 4 is 23.0 Å². The summed E-state index contributed by atoms with van der Waals surface area (Å²) >= 11 is 5.93. The first-order valence-corrected chi connectivity index (χ1v) is 6.04. The molecule has 2 aromatic rings. The molecule has 1 heterocycles. The predicted octanol–water partition coefficient (Wildman–Crippen LogP) is 2.37. The van der Waals surface area contributed by atoms with E-state index >= 15 is 0 Å². The van der Waals surface area contributed by atoms with Crippen LogP contribution in [0.1, 0.15) is 5.56 Å². The van der Waals surface area contributed by atoms with Crippen molar-refractivity contribution in [2.75, 3.05) is 0 Å². The number of hydrogen-bond acceptors (Lipinski definition) is 5. The van der Waals surface area contributed by atoms with Crippen LogP contribution in [0.2, 0.25) is 5.02 Å². The highest BCUT2D eigenvalue weighted by molar-refractivity contribution is 6.31. The van der Waals surface area contributed by atoms with Crippen molar-refractivity contribution in [1.29, 1.82) is 0 Å². The van der Waals surface area contributed by atoms with Gasteiger partial charge in [0, 0.05) is 29.4 Å². The lowest BCUT2D eigenvalue weighted by molar-refractivity contribution is -0.386. The number of pyridine rings is 1. The molecular weight excluding hydrogens is 302 g/mol. The molecule has 0 aliphatic rings. The maximum atomic E-state index is 11.9. The molecule has 0 N–H and O–H groups in total. The third-order valence-corrected chi connectivity index (χ3v) is 3.15. The Morgan fingerprint density at radius 3 is 2.48 bits per heavy atom. The van der Waals surface area contributed by atoms with Crippen molar-refractivity contribution in [3.8, 4) is 0 Å². The third-order valence-electron chi connectivity index (χ3n) is 2.78. The Kier molecular flexibility index (Phi) is 3.99. The molecule has 8 nitrogen and oxygen atoms in total. The number of nitrogens with zero attached hydrogens (tertiary/aromatic N) is 3. The summed E-state index contributed by atoms with van der Waals surface area (Å²) in [4.78, 5) is 32.0. The molecule has 2 rings (SSSR count). The topological polar surface area (TPSA) is 108 Å². The second-order valence-corrected chi connectivity index (χ2v) is 4.52. The first-order chi connectivity index (χ1) is 9.90. The molecule has 0 radical (unpaired) electrons. The molecule has 9 heteroatoms. The average Bonchev–Trinajstić information content (AvgIpc) is 2.42. The molecule has 0 amide bonds. The van der Waals surface area contributed by atoms with Crippen molar-refractivity contribution in [1.82, 2.24) is 4.57 Å². The molecule has 0 bridgehead atoms. The van der Waals surface area contributed by atoms with E-state index in [0.29, 0.717) is 5.56 Å². The van der Waals surface area contributed by atoms with Crippen molar-refractivity contribution in [3.05, 3.63) is 77.7 Å². The van der Waals surface area contributed by atoms with Crippen LogP contribution in [0.25, 0.3) is 0 Å². The summed E-state index contributed by atoms with van der Waals surface area (Å²) < 4.78 is 1.07. The van der Waals surface area contributed by atoms with Crippen LogP contribution in [0.4, 0.5) is 11.4 Å². The highest BCUT2D eigenvalue weighted by atomic mass is 35.5. The molecule has 108 valence electrons. The Balaban J connectivity index is 2.46. The maximum absolute atomic E-state index is 11.9. The van der Waals surface area contributed by atoms with E-state index in [1.165, 1.54) is 30.5 Å². The molecule has 1 aromatic heterocycles. The summed E-state index contributed by atoms with van der Waals surface area (Å²) in [5, 5.41) is 21.7. The molecule has 0 saturated carbocycles. The number of aromatic nitrogens is 1. The van der Waals surface area contributed by atoms with Gasteiger partial charge in [0.2, 0.25) is 0 Å². The van der Waals surface area contributed by atoms with Crippen molar-refractivity contribution in [3.63, 3.8) is 0 Å². The zero-order valence-electron chi connectivity index (χ0n) is 10.4. The molecule has 0 unspecified atom stereocenters. The Hall–Kier alpha value is -2.74. The van der Waals surface area contributed by atoms with Crippen LogP contribution in [-0.4, -0.2) is 14.4 Å². The Morgan fingerprint density at radius 2 is 1.86 bits per heavy atom. The number of halogens is 1. The van der Waals surface area contributed by atoms with Gasteiger partial charge in [-0.2, -0.15) is 0 Å². The molecular formula is C12H8ClN3O5. The van der Waals surface area contributed by atoms with Crippen molar-refractivity contribution < 1.29 is 9.85 Å². The molecule has 0 fully saturated rings. The van der Waals surface area contributed by atoms with Crippen LogP contribution in [0.5, 0.6) is 0 Å². The number of nitro groups is 2. The summed E-state index contributed by atoms with van der Waals surface area (Å²) in [5.41, 5.74) is -1.22. The average molecular weight is 310 g/mol.